The van der Waals surface area contributed by atoms with Crippen molar-refractivity contribution in [2.24, 2.45) is 5.92 Å². The minimum atomic E-state index is -0.388. The summed E-state index contributed by atoms with van der Waals surface area (Å²) in [4.78, 5) is 13.9. The summed E-state index contributed by atoms with van der Waals surface area (Å²) >= 11 is 0. The molecule has 1 saturated heterocycles. The summed E-state index contributed by atoms with van der Waals surface area (Å²) in [6.45, 7) is 4.45. The van der Waals surface area contributed by atoms with Crippen LogP contribution in [0.25, 0.3) is 0 Å². The van der Waals surface area contributed by atoms with Crippen molar-refractivity contribution in [2.45, 2.75) is 26.3 Å². The first-order chi connectivity index (χ1) is 9.60. The Balaban J connectivity index is 1.95. The van der Waals surface area contributed by atoms with E-state index in [2.05, 4.69) is 4.90 Å². The van der Waals surface area contributed by atoms with E-state index in [9.17, 15) is 9.18 Å². The summed E-state index contributed by atoms with van der Waals surface area (Å²) in [6.07, 6.45) is 1.83. The van der Waals surface area contributed by atoms with Crippen molar-refractivity contribution in [3.05, 3.63) is 29.6 Å². The Morgan fingerprint density at radius 2 is 2.35 bits per heavy atom. The molecular weight excluding hydrogens is 259 g/mol. The van der Waals surface area contributed by atoms with Gasteiger partial charge in [0.25, 0.3) is 0 Å². The van der Waals surface area contributed by atoms with Crippen molar-refractivity contribution in [1.29, 1.82) is 0 Å². The molecule has 1 aromatic rings. The molecule has 2 N–H and O–H groups in total. The van der Waals surface area contributed by atoms with Gasteiger partial charge in [0.2, 0.25) is 0 Å². The predicted molar refractivity (Wildman–Crippen MR) is 75.4 cm³/mol. The Morgan fingerprint density at radius 1 is 1.55 bits per heavy atom. The molecule has 0 aliphatic carbocycles. The number of carbonyl (C=O) groups is 1. The van der Waals surface area contributed by atoms with Crippen molar-refractivity contribution in [3.63, 3.8) is 0 Å². The van der Waals surface area contributed by atoms with E-state index in [1.54, 1.807) is 6.07 Å². The summed E-state index contributed by atoms with van der Waals surface area (Å²) in [5.41, 5.74) is 6.51. The van der Waals surface area contributed by atoms with Crippen molar-refractivity contribution >= 4 is 11.7 Å². The lowest BCUT2D eigenvalue weighted by atomic mass is 9.97. The molecule has 1 heterocycles. The summed E-state index contributed by atoms with van der Waals surface area (Å²) in [5, 5.41) is 0. The summed E-state index contributed by atoms with van der Waals surface area (Å²) < 4.78 is 18.5. The van der Waals surface area contributed by atoms with Gasteiger partial charge in [-0.25, -0.2) is 4.39 Å². The van der Waals surface area contributed by atoms with Crippen molar-refractivity contribution in [2.75, 3.05) is 25.4 Å². The van der Waals surface area contributed by atoms with Gasteiger partial charge in [-0.3, -0.25) is 9.69 Å². The molecule has 0 amide bonds. The highest BCUT2D eigenvalue weighted by atomic mass is 19.1. The number of piperidine rings is 1. The number of esters is 1. The Hall–Kier alpha value is -1.62. The summed E-state index contributed by atoms with van der Waals surface area (Å²) in [6, 6.07) is 4.87. The number of nitrogens with zero attached hydrogens (tertiary/aromatic N) is 1. The van der Waals surface area contributed by atoms with E-state index in [4.69, 9.17) is 10.5 Å². The molecule has 1 aliphatic rings. The number of rotatable bonds is 4. The van der Waals surface area contributed by atoms with E-state index < -0.39 is 0 Å². The zero-order chi connectivity index (χ0) is 14.5. The van der Waals surface area contributed by atoms with Gasteiger partial charge in [0, 0.05) is 13.1 Å². The molecule has 1 aliphatic heterocycles. The Bertz CT molecular complexity index is 479. The van der Waals surface area contributed by atoms with Crippen LogP contribution < -0.4 is 5.73 Å². The van der Waals surface area contributed by atoms with E-state index in [-0.39, 0.29) is 23.4 Å². The van der Waals surface area contributed by atoms with Crippen LogP contribution in [-0.2, 0) is 16.1 Å². The zero-order valence-corrected chi connectivity index (χ0v) is 11.8. The smallest absolute Gasteiger partial charge is 0.310 e. The topological polar surface area (TPSA) is 55.6 Å². The first kappa shape index (κ1) is 14.8. The van der Waals surface area contributed by atoms with Crippen LogP contribution in [0.3, 0.4) is 0 Å². The molecule has 110 valence electrons. The third kappa shape index (κ3) is 3.70. The molecule has 20 heavy (non-hydrogen) atoms. The van der Waals surface area contributed by atoms with Gasteiger partial charge in [0.05, 0.1) is 18.2 Å². The molecule has 0 spiro atoms. The molecule has 1 fully saturated rings. The van der Waals surface area contributed by atoms with Gasteiger partial charge in [-0.1, -0.05) is 6.07 Å². The number of anilines is 1. The van der Waals surface area contributed by atoms with Gasteiger partial charge in [0.15, 0.2) is 0 Å². The molecule has 2 rings (SSSR count). The van der Waals surface area contributed by atoms with Crippen molar-refractivity contribution in [1.82, 2.24) is 4.90 Å². The van der Waals surface area contributed by atoms with E-state index in [1.807, 2.05) is 13.0 Å². The fourth-order valence-corrected chi connectivity index (χ4v) is 2.58. The molecular formula is C15H21FN2O2. The standard InChI is InChI=1S/C15H21FN2O2/c1-2-20-15(19)12-4-3-7-18(10-12)9-11-5-6-14(17)13(16)8-11/h5-6,8,12H,2-4,7,9-10,17H2,1H3. The van der Waals surface area contributed by atoms with Crippen LogP contribution in [0.4, 0.5) is 10.1 Å². The van der Waals surface area contributed by atoms with E-state index in [1.165, 1.54) is 6.07 Å². The van der Waals surface area contributed by atoms with Gasteiger partial charge >= 0.3 is 5.97 Å². The lowest BCUT2D eigenvalue weighted by Gasteiger charge is -2.31. The lowest BCUT2D eigenvalue weighted by Crippen LogP contribution is -2.38. The molecule has 1 atom stereocenters. The average Bonchev–Trinajstić information content (AvgIpc) is 2.43. The van der Waals surface area contributed by atoms with Gasteiger partial charge in [-0.15, -0.1) is 0 Å². The highest BCUT2D eigenvalue weighted by Gasteiger charge is 2.26. The minimum absolute atomic E-state index is 0.0673. The molecule has 1 aromatic carbocycles. The Morgan fingerprint density at radius 3 is 3.05 bits per heavy atom. The maximum absolute atomic E-state index is 13.4. The summed E-state index contributed by atoms with van der Waals surface area (Å²) in [7, 11) is 0. The minimum Gasteiger partial charge on any atom is -0.466 e. The number of benzene rings is 1. The number of hydrogen-bond acceptors (Lipinski definition) is 4. The molecule has 0 aromatic heterocycles. The second-order valence-electron chi connectivity index (χ2n) is 5.18. The highest BCUT2D eigenvalue weighted by Crippen LogP contribution is 2.21. The molecule has 0 saturated carbocycles. The number of ether oxygens (including phenoxy) is 1. The maximum Gasteiger partial charge on any atom is 0.310 e. The van der Waals surface area contributed by atoms with E-state index in [0.29, 0.717) is 19.7 Å². The zero-order valence-electron chi connectivity index (χ0n) is 11.8. The van der Waals surface area contributed by atoms with Crippen LogP contribution in [0.5, 0.6) is 0 Å². The van der Waals surface area contributed by atoms with Crippen LogP contribution in [0, 0.1) is 11.7 Å². The quantitative estimate of drug-likeness (QED) is 0.678. The van der Waals surface area contributed by atoms with Crippen LogP contribution in [-0.4, -0.2) is 30.6 Å². The number of nitrogens with two attached hydrogens (primary N) is 1. The fourth-order valence-electron chi connectivity index (χ4n) is 2.58. The fraction of sp³-hybridized carbons (Fsp3) is 0.533. The maximum atomic E-state index is 13.4. The Kier molecular flexibility index (Phi) is 4.95. The third-order valence-electron chi connectivity index (χ3n) is 3.60. The van der Waals surface area contributed by atoms with Crippen LogP contribution in [0.1, 0.15) is 25.3 Å². The van der Waals surface area contributed by atoms with Crippen LogP contribution in [0.15, 0.2) is 18.2 Å². The second kappa shape index (κ2) is 6.70. The van der Waals surface area contributed by atoms with E-state index >= 15 is 0 Å². The van der Waals surface area contributed by atoms with Gasteiger partial charge < -0.3 is 10.5 Å². The van der Waals surface area contributed by atoms with Gasteiger partial charge in [-0.2, -0.15) is 0 Å². The number of likely N-dealkylation sites (tertiary alicyclic amines) is 1. The molecule has 1 unspecified atom stereocenters. The van der Waals surface area contributed by atoms with Crippen molar-refractivity contribution in [3.8, 4) is 0 Å². The predicted octanol–water partition coefficient (Wildman–Crippen LogP) is 2.18. The van der Waals surface area contributed by atoms with E-state index in [0.717, 1.165) is 24.9 Å². The average molecular weight is 280 g/mol. The van der Waals surface area contributed by atoms with Gasteiger partial charge in [0.1, 0.15) is 5.82 Å². The molecule has 4 nitrogen and oxygen atoms in total. The first-order valence-corrected chi connectivity index (χ1v) is 7.03. The number of carbonyl (C=O) groups excluding carboxylic acids is 1. The largest absolute Gasteiger partial charge is 0.466 e. The summed E-state index contributed by atoms with van der Waals surface area (Å²) in [5.74, 6) is -0.579. The number of halogens is 1. The first-order valence-electron chi connectivity index (χ1n) is 7.03. The number of nitrogen functional groups attached to an aromatic ring is 1. The molecule has 0 radical (unpaired) electrons. The van der Waals surface area contributed by atoms with Crippen molar-refractivity contribution < 1.29 is 13.9 Å². The lowest BCUT2D eigenvalue weighted by molar-refractivity contribution is -0.150. The number of hydrogen-bond donors (Lipinski definition) is 1. The highest BCUT2D eigenvalue weighted by molar-refractivity contribution is 5.72. The molecule has 5 heteroatoms. The van der Waals surface area contributed by atoms with Crippen LogP contribution >= 0.6 is 0 Å². The van der Waals surface area contributed by atoms with Crippen LogP contribution in [0.2, 0.25) is 0 Å². The molecule has 0 bridgehead atoms. The SMILES string of the molecule is CCOC(=O)C1CCCN(Cc2ccc(N)c(F)c2)C1. The van der Waals surface area contributed by atoms with Gasteiger partial charge in [-0.05, 0) is 44.0 Å². The monoisotopic (exact) mass is 280 g/mol. The Labute approximate surface area is 118 Å². The normalized spacial score (nSPS) is 19.8. The third-order valence-corrected chi connectivity index (χ3v) is 3.60. The second-order valence-corrected chi connectivity index (χ2v) is 5.18.